The van der Waals surface area contributed by atoms with Crippen LogP contribution in [0.25, 0.3) is 11.3 Å². The van der Waals surface area contributed by atoms with Crippen LogP contribution in [0.3, 0.4) is 0 Å². The van der Waals surface area contributed by atoms with Gasteiger partial charge in [0.1, 0.15) is 17.9 Å². The molecule has 3 rings (SSSR count). The molecule has 0 fully saturated rings. The van der Waals surface area contributed by atoms with Gasteiger partial charge in [0, 0.05) is 16.0 Å². The van der Waals surface area contributed by atoms with Crippen molar-refractivity contribution in [3.8, 4) is 11.3 Å². The third-order valence-corrected chi connectivity index (χ3v) is 4.71. The molecule has 116 valence electrons. The minimum absolute atomic E-state index is 0.746. The van der Waals surface area contributed by atoms with Crippen molar-refractivity contribution in [3.05, 3.63) is 77.2 Å². The molecule has 2 nitrogen and oxygen atoms in total. The van der Waals surface area contributed by atoms with Gasteiger partial charge < -0.3 is 0 Å². The smallest absolute Gasteiger partial charge is 0.231 e. The van der Waals surface area contributed by atoms with E-state index in [9.17, 15) is 0 Å². The predicted octanol–water partition coefficient (Wildman–Crippen LogP) is 5.59. The van der Waals surface area contributed by atoms with Crippen LogP contribution in [0, 0.1) is 6.92 Å². The molecular weight excluding hydrogens is 324 g/mol. The first-order valence-corrected chi connectivity index (χ1v) is 8.65. The number of benzene rings is 2. The Balaban J connectivity index is 1.96. The van der Waals surface area contributed by atoms with Gasteiger partial charge in [-0.3, -0.25) is 0 Å². The van der Waals surface area contributed by atoms with Crippen LogP contribution in [0.5, 0.6) is 0 Å². The number of aromatic nitrogens is 1. The quantitative estimate of drug-likeness (QED) is 0.472. The maximum atomic E-state index is 5.99. The topological polar surface area (TPSA) is 15.9 Å². The number of nitrogens with zero attached hydrogens (tertiary/aromatic N) is 1. The minimum Gasteiger partial charge on any atom is -0.231 e. The zero-order valence-electron chi connectivity index (χ0n) is 12.9. The van der Waals surface area contributed by atoms with Crippen LogP contribution in [0.4, 0.5) is 10.8 Å². The van der Waals surface area contributed by atoms with E-state index in [2.05, 4.69) is 53.0 Å². The zero-order chi connectivity index (χ0) is 16.2. The summed E-state index contributed by atoms with van der Waals surface area (Å²) in [6.45, 7) is 6.71. The first-order chi connectivity index (χ1) is 11.2. The standard InChI is InChI=1S/C19H17ClN2S/c1-3-12-22-18(15-6-8-16(20)9-7-15)13-23-19(22)21-17-10-4-14(2)5-11-17/h3-11,13H,1,12H2,2H3/p+1. The number of halogens is 1. The number of hydrogen-bond donors (Lipinski definition) is 1. The highest BCUT2D eigenvalue weighted by atomic mass is 35.5. The molecule has 0 radical (unpaired) electrons. The van der Waals surface area contributed by atoms with Crippen LogP contribution in [0.2, 0.25) is 5.02 Å². The molecule has 1 heterocycles. The van der Waals surface area contributed by atoms with Gasteiger partial charge in [0.05, 0.1) is 0 Å². The number of thiazole rings is 1. The summed E-state index contributed by atoms with van der Waals surface area (Å²) in [5.74, 6) is 0. The Morgan fingerprint density at radius 2 is 1.83 bits per heavy atom. The molecular formula is C19H18ClN2S+. The predicted molar refractivity (Wildman–Crippen MR) is 99.6 cm³/mol. The summed E-state index contributed by atoms with van der Waals surface area (Å²) in [5, 5.41) is 7.48. The minimum atomic E-state index is 0.746. The zero-order valence-corrected chi connectivity index (χ0v) is 14.5. The number of allylic oxidation sites excluding steroid dienone is 1. The summed E-state index contributed by atoms with van der Waals surface area (Å²) >= 11 is 7.68. The number of anilines is 2. The largest absolute Gasteiger partial charge is 0.339 e. The first kappa shape index (κ1) is 15.8. The third kappa shape index (κ3) is 3.63. The fourth-order valence-electron chi connectivity index (χ4n) is 2.36. The molecule has 2 aromatic carbocycles. The highest BCUT2D eigenvalue weighted by molar-refractivity contribution is 7.13. The fourth-order valence-corrected chi connectivity index (χ4v) is 3.45. The SMILES string of the molecule is C=CC[n+]1c(-c2ccc(Cl)cc2)csc1Nc1ccc(C)cc1. The first-order valence-electron chi connectivity index (χ1n) is 7.39. The van der Waals surface area contributed by atoms with Gasteiger partial charge in [0.2, 0.25) is 0 Å². The molecule has 4 heteroatoms. The van der Waals surface area contributed by atoms with E-state index in [1.807, 2.05) is 30.3 Å². The summed E-state index contributed by atoms with van der Waals surface area (Å²) < 4.78 is 2.22. The molecule has 1 N–H and O–H groups in total. The molecule has 0 unspecified atom stereocenters. The molecule has 0 amide bonds. The highest BCUT2D eigenvalue weighted by Gasteiger charge is 2.18. The lowest BCUT2D eigenvalue weighted by molar-refractivity contribution is -0.657. The van der Waals surface area contributed by atoms with E-state index in [0.717, 1.165) is 33.6 Å². The van der Waals surface area contributed by atoms with Crippen molar-refractivity contribution in [3.63, 3.8) is 0 Å². The van der Waals surface area contributed by atoms with Gasteiger partial charge in [0.15, 0.2) is 0 Å². The van der Waals surface area contributed by atoms with Gasteiger partial charge in [-0.25, -0.2) is 9.88 Å². The lowest BCUT2D eigenvalue weighted by atomic mass is 10.2. The van der Waals surface area contributed by atoms with Gasteiger partial charge in [-0.2, -0.15) is 0 Å². The van der Waals surface area contributed by atoms with E-state index in [4.69, 9.17) is 11.6 Å². The Morgan fingerprint density at radius 3 is 2.48 bits per heavy atom. The van der Waals surface area contributed by atoms with Crippen LogP contribution < -0.4 is 9.88 Å². The summed E-state index contributed by atoms with van der Waals surface area (Å²) in [4.78, 5) is 0. The normalized spacial score (nSPS) is 10.5. The van der Waals surface area contributed by atoms with Crippen molar-refractivity contribution in [2.45, 2.75) is 13.5 Å². The Hall–Kier alpha value is -2.10. The highest BCUT2D eigenvalue weighted by Crippen LogP contribution is 2.26. The average molecular weight is 342 g/mol. The van der Waals surface area contributed by atoms with Crippen LogP contribution in [-0.2, 0) is 6.54 Å². The lowest BCUT2D eigenvalue weighted by Gasteiger charge is -2.04. The van der Waals surface area contributed by atoms with Gasteiger partial charge >= 0.3 is 5.13 Å². The van der Waals surface area contributed by atoms with E-state index in [1.165, 1.54) is 5.56 Å². The molecule has 0 aliphatic rings. The number of hydrogen-bond acceptors (Lipinski definition) is 2. The molecule has 0 spiro atoms. The van der Waals surface area contributed by atoms with E-state index >= 15 is 0 Å². The van der Waals surface area contributed by atoms with Crippen molar-refractivity contribution in [1.29, 1.82) is 0 Å². The Kier molecular flexibility index (Phi) is 4.79. The van der Waals surface area contributed by atoms with Crippen molar-refractivity contribution in [2.75, 3.05) is 5.32 Å². The molecule has 0 aliphatic carbocycles. The Labute approximate surface area is 145 Å². The van der Waals surface area contributed by atoms with Crippen LogP contribution in [0.15, 0.2) is 66.6 Å². The number of aryl methyl sites for hydroxylation is 1. The maximum Gasteiger partial charge on any atom is 0.339 e. The number of nitrogens with one attached hydrogen (secondary N) is 1. The fraction of sp³-hybridized carbons (Fsp3) is 0.105. The van der Waals surface area contributed by atoms with Crippen LogP contribution >= 0.6 is 22.9 Å². The average Bonchev–Trinajstić information content (AvgIpc) is 2.94. The van der Waals surface area contributed by atoms with Crippen LogP contribution in [-0.4, -0.2) is 0 Å². The molecule has 23 heavy (non-hydrogen) atoms. The summed E-state index contributed by atoms with van der Waals surface area (Å²) in [5.41, 5.74) is 4.63. The van der Waals surface area contributed by atoms with Gasteiger partial charge in [-0.15, -0.1) is 0 Å². The van der Waals surface area contributed by atoms with E-state index < -0.39 is 0 Å². The third-order valence-electron chi connectivity index (χ3n) is 3.57. The molecule has 0 saturated heterocycles. The monoisotopic (exact) mass is 341 g/mol. The molecule has 1 aromatic heterocycles. The second kappa shape index (κ2) is 6.99. The molecule has 0 bridgehead atoms. The Bertz CT molecular complexity index is 804. The van der Waals surface area contributed by atoms with E-state index in [0.29, 0.717) is 0 Å². The Morgan fingerprint density at radius 1 is 1.13 bits per heavy atom. The maximum absolute atomic E-state index is 5.99. The summed E-state index contributed by atoms with van der Waals surface area (Å²) in [6, 6.07) is 16.3. The molecule has 0 aliphatic heterocycles. The summed E-state index contributed by atoms with van der Waals surface area (Å²) in [7, 11) is 0. The van der Waals surface area contributed by atoms with Gasteiger partial charge in [-0.1, -0.05) is 53.3 Å². The van der Waals surface area contributed by atoms with Crippen LogP contribution in [0.1, 0.15) is 5.56 Å². The van der Waals surface area contributed by atoms with Crippen molar-refractivity contribution >= 4 is 33.8 Å². The second-order valence-electron chi connectivity index (χ2n) is 5.32. The molecule has 0 saturated carbocycles. The summed E-state index contributed by atoms with van der Waals surface area (Å²) in [6.07, 6.45) is 1.91. The van der Waals surface area contributed by atoms with Gasteiger partial charge in [-0.05, 0) is 43.3 Å². The van der Waals surface area contributed by atoms with E-state index in [1.54, 1.807) is 11.3 Å². The van der Waals surface area contributed by atoms with Crippen molar-refractivity contribution < 1.29 is 4.57 Å². The van der Waals surface area contributed by atoms with Crippen molar-refractivity contribution in [2.24, 2.45) is 0 Å². The molecule has 0 atom stereocenters. The van der Waals surface area contributed by atoms with Gasteiger partial charge in [0.25, 0.3) is 0 Å². The van der Waals surface area contributed by atoms with E-state index in [-0.39, 0.29) is 0 Å². The number of rotatable bonds is 5. The second-order valence-corrected chi connectivity index (χ2v) is 6.62. The van der Waals surface area contributed by atoms with Crippen molar-refractivity contribution in [1.82, 2.24) is 0 Å². The molecule has 3 aromatic rings. The lowest BCUT2D eigenvalue weighted by Crippen LogP contribution is -2.35.